The molecule has 0 bridgehead atoms. The molecule has 1 aliphatic rings. The number of carbonyl (C=O) groups excluding carboxylic acids is 2. The number of hydrogen-bond donors (Lipinski definition) is 2. The zero-order valence-electron chi connectivity index (χ0n) is 15.7. The van der Waals surface area contributed by atoms with E-state index < -0.39 is 0 Å². The number of carbonyl (C=O) groups is 2. The van der Waals surface area contributed by atoms with Gasteiger partial charge in [0.1, 0.15) is 0 Å². The Morgan fingerprint density at radius 2 is 1.93 bits per heavy atom. The molecule has 3 N–H and O–H groups in total. The monoisotopic (exact) mass is 376 g/mol. The molecule has 0 unspecified atom stereocenters. The summed E-state index contributed by atoms with van der Waals surface area (Å²) in [5.41, 5.74) is 8.37. The van der Waals surface area contributed by atoms with Gasteiger partial charge in [0.25, 0.3) is 5.91 Å². The smallest absolute Gasteiger partial charge is 0.251 e. The zero-order valence-corrected chi connectivity index (χ0v) is 15.7. The first-order chi connectivity index (χ1) is 13.6. The summed E-state index contributed by atoms with van der Waals surface area (Å²) in [5.74, 6) is -0.474. The second kappa shape index (κ2) is 9.16. The number of nitriles is 1. The number of nitrogens with two attached hydrogens (primary N) is 1. The minimum absolute atomic E-state index is 0.0923. The number of amides is 2. The summed E-state index contributed by atoms with van der Waals surface area (Å²) in [7, 11) is 0. The molecule has 0 aliphatic carbocycles. The van der Waals surface area contributed by atoms with Crippen molar-refractivity contribution < 1.29 is 9.59 Å². The third kappa shape index (κ3) is 4.96. The first-order valence-electron chi connectivity index (χ1n) is 9.47. The van der Waals surface area contributed by atoms with E-state index in [0.717, 1.165) is 30.5 Å². The quantitative estimate of drug-likeness (QED) is 0.807. The highest BCUT2D eigenvalue weighted by Gasteiger charge is 2.23. The summed E-state index contributed by atoms with van der Waals surface area (Å²) >= 11 is 0. The SMILES string of the molecule is N#Cc1cccc(-c2cccc(C(=O)NCCN3CCC[C@@H](C(N)=O)C3)c2)c1. The number of likely N-dealkylation sites (tertiary alicyclic amines) is 1. The highest BCUT2D eigenvalue weighted by atomic mass is 16.2. The van der Waals surface area contributed by atoms with Crippen LogP contribution in [0, 0.1) is 17.2 Å². The van der Waals surface area contributed by atoms with Gasteiger partial charge in [-0.3, -0.25) is 9.59 Å². The minimum Gasteiger partial charge on any atom is -0.369 e. The largest absolute Gasteiger partial charge is 0.369 e. The summed E-state index contributed by atoms with van der Waals surface area (Å²) in [5, 5.41) is 12.0. The van der Waals surface area contributed by atoms with Crippen LogP contribution in [-0.4, -0.2) is 42.9 Å². The van der Waals surface area contributed by atoms with E-state index in [1.165, 1.54) is 0 Å². The predicted molar refractivity (Wildman–Crippen MR) is 107 cm³/mol. The van der Waals surface area contributed by atoms with E-state index in [2.05, 4.69) is 16.3 Å². The molecular weight excluding hydrogens is 352 g/mol. The highest BCUT2D eigenvalue weighted by molar-refractivity contribution is 5.95. The third-order valence-corrected chi connectivity index (χ3v) is 5.07. The Morgan fingerprint density at radius 1 is 1.18 bits per heavy atom. The molecular formula is C22H24N4O2. The fourth-order valence-electron chi connectivity index (χ4n) is 3.53. The molecule has 3 rings (SSSR count). The Labute approximate surface area is 164 Å². The summed E-state index contributed by atoms with van der Waals surface area (Å²) in [4.78, 5) is 26.0. The van der Waals surface area contributed by atoms with Gasteiger partial charge in [-0.25, -0.2) is 0 Å². The van der Waals surface area contributed by atoms with Gasteiger partial charge in [-0.15, -0.1) is 0 Å². The molecule has 1 saturated heterocycles. The van der Waals surface area contributed by atoms with E-state index in [4.69, 9.17) is 11.0 Å². The van der Waals surface area contributed by atoms with Crippen LogP contribution in [0.5, 0.6) is 0 Å². The van der Waals surface area contributed by atoms with Gasteiger partial charge < -0.3 is 16.0 Å². The average Bonchev–Trinajstić information content (AvgIpc) is 2.74. The van der Waals surface area contributed by atoms with Gasteiger partial charge in [-0.05, 0) is 54.8 Å². The molecule has 1 heterocycles. The van der Waals surface area contributed by atoms with Crippen molar-refractivity contribution in [1.29, 1.82) is 5.26 Å². The van der Waals surface area contributed by atoms with Crippen LogP contribution in [0.4, 0.5) is 0 Å². The second-order valence-electron chi connectivity index (χ2n) is 7.07. The van der Waals surface area contributed by atoms with E-state index in [1.807, 2.05) is 36.4 Å². The first-order valence-corrected chi connectivity index (χ1v) is 9.47. The maximum absolute atomic E-state index is 12.5. The topological polar surface area (TPSA) is 99.2 Å². The molecule has 2 aromatic carbocycles. The molecule has 0 spiro atoms. The Morgan fingerprint density at radius 3 is 2.68 bits per heavy atom. The number of hydrogen-bond acceptors (Lipinski definition) is 4. The number of rotatable bonds is 6. The van der Waals surface area contributed by atoms with E-state index in [-0.39, 0.29) is 17.7 Å². The van der Waals surface area contributed by atoms with Crippen LogP contribution in [0.15, 0.2) is 48.5 Å². The van der Waals surface area contributed by atoms with Gasteiger partial charge in [0.15, 0.2) is 0 Å². The fourth-order valence-corrected chi connectivity index (χ4v) is 3.53. The lowest BCUT2D eigenvalue weighted by atomic mass is 9.97. The van der Waals surface area contributed by atoms with Crippen molar-refractivity contribution in [3.63, 3.8) is 0 Å². The number of piperidine rings is 1. The number of nitrogens with one attached hydrogen (secondary N) is 1. The lowest BCUT2D eigenvalue weighted by molar-refractivity contribution is -0.123. The van der Waals surface area contributed by atoms with Crippen LogP contribution < -0.4 is 11.1 Å². The predicted octanol–water partition coefficient (Wildman–Crippen LogP) is 2.15. The standard InChI is InChI=1S/C22H24N4O2/c23-14-16-4-1-5-17(12-16)18-6-2-7-19(13-18)22(28)25-9-11-26-10-3-8-20(15-26)21(24)27/h1-2,4-7,12-13,20H,3,8-11,15H2,(H2,24,27)(H,25,28)/t20-/m1/s1. The normalized spacial score (nSPS) is 16.9. The number of benzene rings is 2. The summed E-state index contributed by atoms with van der Waals surface area (Å²) in [6, 6.07) is 16.8. The molecule has 2 amide bonds. The molecule has 1 fully saturated rings. The van der Waals surface area contributed by atoms with Crippen LogP contribution in [0.3, 0.4) is 0 Å². The van der Waals surface area contributed by atoms with Crippen LogP contribution >= 0.6 is 0 Å². The van der Waals surface area contributed by atoms with E-state index >= 15 is 0 Å². The Hall–Kier alpha value is -3.17. The lowest BCUT2D eigenvalue weighted by Gasteiger charge is -2.31. The van der Waals surface area contributed by atoms with Crippen LogP contribution in [0.25, 0.3) is 11.1 Å². The lowest BCUT2D eigenvalue weighted by Crippen LogP contribution is -2.44. The van der Waals surface area contributed by atoms with Gasteiger partial charge in [0.05, 0.1) is 17.6 Å². The van der Waals surface area contributed by atoms with Crippen molar-refractivity contribution >= 4 is 11.8 Å². The number of nitrogens with zero attached hydrogens (tertiary/aromatic N) is 2. The number of primary amides is 1. The molecule has 1 aliphatic heterocycles. The minimum atomic E-state index is -0.244. The van der Waals surface area contributed by atoms with Crippen molar-refractivity contribution in [3.05, 3.63) is 59.7 Å². The van der Waals surface area contributed by atoms with Crippen molar-refractivity contribution in [2.45, 2.75) is 12.8 Å². The summed E-state index contributed by atoms with van der Waals surface area (Å²) in [6.07, 6.45) is 1.79. The van der Waals surface area contributed by atoms with Crippen molar-refractivity contribution in [2.75, 3.05) is 26.2 Å². The van der Waals surface area contributed by atoms with Crippen molar-refractivity contribution in [1.82, 2.24) is 10.2 Å². The second-order valence-corrected chi connectivity index (χ2v) is 7.07. The van der Waals surface area contributed by atoms with E-state index in [0.29, 0.717) is 30.8 Å². The molecule has 1 atom stereocenters. The maximum atomic E-state index is 12.5. The molecule has 28 heavy (non-hydrogen) atoms. The third-order valence-electron chi connectivity index (χ3n) is 5.07. The van der Waals surface area contributed by atoms with Gasteiger partial charge in [0, 0.05) is 25.2 Å². The molecule has 0 aromatic heterocycles. The van der Waals surface area contributed by atoms with Gasteiger partial charge in [-0.1, -0.05) is 24.3 Å². The van der Waals surface area contributed by atoms with Crippen LogP contribution in [-0.2, 0) is 4.79 Å². The molecule has 6 nitrogen and oxygen atoms in total. The van der Waals surface area contributed by atoms with Crippen LogP contribution in [0.2, 0.25) is 0 Å². The van der Waals surface area contributed by atoms with Gasteiger partial charge in [0.2, 0.25) is 5.91 Å². The van der Waals surface area contributed by atoms with Gasteiger partial charge in [-0.2, -0.15) is 5.26 Å². The Balaban J connectivity index is 1.58. The zero-order chi connectivity index (χ0) is 19.9. The maximum Gasteiger partial charge on any atom is 0.251 e. The summed E-state index contributed by atoms with van der Waals surface area (Å²) in [6.45, 7) is 2.79. The molecule has 2 aromatic rings. The Bertz CT molecular complexity index is 903. The fraction of sp³-hybridized carbons (Fsp3) is 0.318. The van der Waals surface area contributed by atoms with E-state index in [1.54, 1.807) is 12.1 Å². The molecule has 144 valence electrons. The first kappa shape index (κ1) is 19.6. The average molecular weight is 376 g/mol. The summed E-state index contributed by atoms with van der Waals surface area (Å²) < 4.78 is 0. The molecule has 6 heteroatoms. The molecule has 0 radical (unpaired) electrons. The van der Waals surface area contributed by atoms with Crippen molar-refractivity contribution in [3.8, 4) is 17.2 Å². The van der Waals surface area contributed by atoms with Crippen LogP contribution in [0.1, 0.15) is 28.8 Å². The Kier molecular flexibility index (Phi) is 6.41. The van der Waals surface area contributed by atoms with Crippen molar-refractivity contribution in [2.24, 2.45) is 11.7 Å². The van der Waals surface area contributed by atoms with E-state index in [9.17, 15) is 9.59 Å². The van der Waals surface area contributed by atoms with Gasteiger partial charge >= 0.3 is 0 Å². The molecule has 0 saturated carbocycles. The highest BCUT2D eigenvalue weighted by Crippen LogP contribution is 2.21.